The molecular weight excluding hydrogens is 599 g/mol. The van der Waals surface area contributed by atoms with Crippen LogP contribution in [0, 0.1) is 0 Å². The number of benzene rings is 7. The molecule has 230 valence electrons. The minimum Gasteiger partial charge on any atom is -0.456 e. The number of hydrogen-bond acceptors (Lipinski definition) is 4. The molecule has 49 heavy (non-hydrogen) atoms. The van der Waals surface area contributed by atoms with Crippen LogP contribution in [0.15, 0.2) is 180 Å². The molecule has 4 nitrogen and oxygen atoms in total. The van der Waals surface area contributed by atoms with Gasteiger partial charge in [-0.25, -0.2) is 15.0 Å². The van der Waals surface area contributed by atoms with Crippen LogP contribution in [0.2, 0.25) is 0 Å². The Bertz CT molecular complexity index is 2590. The lowest BCUT2D eigenvalue weighted by Crippen LogP contribution is -2.01. The van der Waals surface area contributed by atoms with Crippen molar-refractivity contribution < 1.29 is 4.42 Å². The van der Waals surface area contributed by atoms with Gasteiger partial charge in [0.05, 0.1) is 0 Å². The molecule has 0 fully saturated rings. The average molecular weight is 628 g/mol. The zero-order chi connectivity index (χ0) is 32.6. The number of rotatable bonds is 6. The molecule has 0 saturated carbocycles. The Morgan fingerprint density at radius 3 is 1.35 bits per heavy atom. The summed E-state index contributed by atoms with van der Waals surface area (Å²) in [6.45, 7) is 0. The summed E-state index contributed by atoms with van der Waals surface area (Å²) in [6.07, 6.45) is 0. The summed E-state index contributed by atoms with van der Waals surface area (Å²) in [4.78, 5) is 15.4. The van der Waals surface area contributed by atoms with E-state index < -0.39 is 0 Å². The number of aromatic nitrogens is 3. The van der Waals surface area contributed by atoms with Gasteiger partial charge in [-0.2, -0.15) is 0 Å². The van der Waals surface area contributed by atoms with Crippen molar-refractivity contribution >= 4 is 21.9 Å². The quantitative estimate of drug-likeness (QED) is 0.184. The van der Waals surface area contributed by atoms with Crippen LogP contribution in [-0.2, 0) is 0 Å². The first kappa shape index (κ1) is 28.6. The SMILES string of the molecule is c1ccc(-c2cccc(-c3nc(-c4ccc5oc6ccc(-c7ccccc7)cc6c5c4)nc(-c4ccccc4-c4ccccc4)n3)c2)cc1. The number of hydrogen-bond donors (Lipinski definition) is 0. The predicted molar refractivity (Wildman–Crippen MR) is 200 cm³/mol. The Kier molecular flexibility index (Phi) is 7.10. The topological polar surface area (TPSA) is 51.8 Å². The van der Waals surface area contributed by atoms with Crippen LogP contribution >= 0.6 is 0 Å². The maximum atomic E-state index is 6.29. The molecule has 9 aromatic rings. The summed E-state index contributed by atoms with van der Waals surface area (Å²) in [6, 6.07) is 60.4. The zero-order valence-electron chi connectivity index (χ0n) is 26.5. The van der Waals surface area contributed by atoms with Crippen molar-refractivity contribution in [3.8, 4) is 67.5 Å². The van der Waals surface area contributed by atoms with Crippen molar-refractivity contribution in [3.05, 3.63) is 176 Å². The van der Waals surface area contributed by atoms with Gasteiger partial charge in [0.1, 0.15) is 11.2 Å². The van der Waals surface area contributed by atoms with E-state index in [2.05, 4.69) is 140 Å². The largest absolute Gasteiger partial charge is 0.456 e. The molecule has 0 radical (unpaired) electrons. The van der Waals surface area contributed by atoms with E-state index in [0.29, 0.717) is 17.5 Å². The van der Waals surface area contributed by atoms with E-state index in [1.165, 1.54) is 0 Å². The monoisotopic (exact) mass is 627 g/mol. The highest BCUT2D eigenvalue weighted by Gasteiger charge is 2.17. The highest BCUT2D eigenvalue weighted by molar-refractivity contribution is 6.07. The van der Waals surface area contributed by atoms with Crippen molar-refractivity contribution in [2.75, 3.05) is 0 Å². The van der Waals surface area contributed by atoms with Crippen LogP contribution in [-0.4, -0.2) is 15.0 Å². The molecule has 7 aromatic carbocycles. The van der Waals surface area contributed by atoms with Crippen molar-refractivity contribution in [2.24, 2.45) is 0 Å². The number of nitrogens with zero attached hydrogens (tertiary/aromatic N) is 3. The lowest BCUT2D eigenvalue weighted by Gasteiger charge is -2.12. The second-order valence-electron chi connectivity index (χ2n) is 12.1. The zero-order valence-corrected chi connectivity index (χ0v) is 26.5. The molecule has 4 heteroatoms. The van der Waals surface area contributed by atoms with Crippen LogP contribution in [0.5, 0.6) is 0 Å². The smallest absolute Gasteiger partial charge is 0.164 e. The summed E-state index contributed by atoms with van der Waals surface area (Å²) in [5.41, 5.74) is 11.1. The van der Waals surface area contributed by atoms with Crippen LogP contribution in [0.1, 0.15) is 0 Å². The first-order chi connectivity index (χ1) is 24.3. The fourth-order valence-corrected chi connectivity index (χ4v) is 6.50. The molecule has 0 amide bonds. The molecule has 2 heterocycles. The van der Waals surface area contributed by atoms with Gasteiger partial charge in [-0.1, -0.05) is 140 Å². The average Bonchev–Trinajstić information content (AvgIpc) is 3.56. The summed E-state index contributed by atoms with van der Waals surface area (Å²) in [5, 5.41) is 2.07. The van der Waals surface area contributed by atoms with Gasteiger partial charge in [-0.15, -0.1) is 0 Å². The van der Waals surface area contributed by atoms with E-state index in [0.717, 1.165) is 72.0 Å². The van der Waals surface area contributed by atoms with E-state index in [4.69, 9.17) is 19.4 Å². The van der Waals surface area contributed by atoms with Gasteiger partial charge in [-0.3, -0.25) is 0 Å². The molecule has 0 aliphatic heterocycles. The second-order valence-corrected chi connectivity index (χ2v) is 12.1. The van der Waals surface area contributed by atoms with Gasteiger partial charge < -0.3 is 4.42 Å². The molecule has 0 bridgehead atoms. The minimum absolute atomic E-state index is 0.600. The fourth-order valence-electron chi connectivity index (χ4n) is 6.50. The molecule has 0 aliphatic rings. The lowest BCUT2D eigenvalue weighted by atomic mass is 9.99. The predicted octanol–water partition coefficient (Wildman–Crippen LogP) is 11.8. The summed E-state index contributed by atoms with van der Waals surface area (Å²) < 4.78 is 6.29. The van der Waals surface area contributed by atoms with E-state index in [9.17, 15) is 0 Å². The molecular formula is C45H29N3O. The fraction of sp³-hybridized carbons (Fsp3) is 0. The van der Waals surface area contributed by atoms with E-state index in [1.807, 2.05) is 36.4 Å². The Morgan fingerprint density at radius 1 is 0.286 bits per heavy atom. The maximum Gasteiger partial charge on any atom is 0.164 e. The molecule has 0 spiro atoms. The Balaban J connectivity index is 1.24. The third-order valence-corrected chi connectivity index (χ3v) is 8.95. The standard InChI is InChI=1S/C45H29N3O/c1-4-13-30(14-5-1)33-19-12-20-35(27-33)43-46-44(48-45(47-43)38-22-11-10-21-37(38)32-17-8-3-9-18-32)36-24-26-42-40(29-36)39-28-34(23-25-41(39)49-42)31-15-6-2-7-16-31/h1-29H. The molecule has 0 saturated heterocycles. The van der Waals surface area contributed by atoms with Crippen molar-refractivity contribution in [1.82, 2.24) is 15.0 Å². The second kappa shape index (κ2) is 12.2. The normalized spacial score (nSPS) is 11.3. The summed E-state index contributed by atoms with van der Waals surface area (Å²) >= 11 is 0. The molecule has 9 rings (SSSR count). The Hall–Kier alpha value is -6.65. The van der Waals surface area contributed by atoms with Gasteiger partial charge in [-0.05, 0) is 69.8 Å². The highest BCUT2D eigenvalue weighted by atomic mass is 16.3. The van der Waals surface area contributed by atoms with Crippen LogP contribution in [0.25, 0.3) is 89.5 Å². The Labute approximate surface area is 284 Å². The van der Waals surface area contributed by atoms with Crippen LogP contribution in [0.3, 0.4) is 0 Å². The van der Waals surface area contributed by atoms with Crippen LogP contribution in [0.4, 0.5) is 0 Å². The Morgan fingerprint density at radius 2 is 0.714 bits per heavy atom. The van der Waals surface area contributed by atoms with E-state index in [-0.39, 0.29) is 0 Å². The molecule has 0 atom stereocenters. The molecule has 0 aliphatic carbocycles. The van der Waals surface area contributed by atoms with Gasteiger partial charge in [0, 0.05) is 27.5 Å². The third-order valence-electron chi connectivity index (χ3n) is 8.95. The lowest BCUT2D eigenvalue weighted by molar-refractivity contribution is 0.669. The summed E-state index contributed by atoms with van der Waals surface area (Å²) in [5.74, 6) is 1.83. The minimum atomic E-state index is 0.600. The molecule has 0 N–H and O–H groups in total. The highest BCUT2D eigenvalue weighted by Crippen LogP contribution is 2.37. The van der Waals surface area contributed by atoms with E-state index in [1.54, 1.807) is 0 Å². The van der Waals surface area contributed by atoms with Crippen molar-refractivity contribution in [1.29, 1.82) is 0 Å². The van der Waals surface area contributed by atoms with Gasteiger partial charge in [0.2, 0.25) is 0 Å². The van der Waals surface area contributed by atoms with Crippen molar-refractivity contribution in [2.45, 2.75) is 0 Å². The van der Waals surface area contributed by atoms with Crippen LogP contribution < -0.4 is 0 Å². The number of furan rings is 1. The number of fused-ring (bicyclic) bond motifs is 3. The first-order valence-electron chi connectivity index (χ1n) is 16.4. The molecule has 0 unspecified atom stereocenters. The van der Waals surface area contributed by atoms with Gasteiger partial charge in [0.15, 0.2) is 17.5 Å². The first-order valence-corrected chi connectivity index (χ1v) is 16.4. The van der Waals surface area contributed by atoms with Gasteiger partial charge in [0.25, 0.3) is 0 Å². The molecule has 2 aromatic heterocycles. The summed E-state index contributed by atoms with van der Waals surface area (Å²) in [7, 11) is 0. The maximum absolute atomic E-state index is 6.29. The third kappa shape index (κ3) is 5.45. The van der Waals surface area contributed by atoms with Gasteiger partial charge >= 0.3 is 0 Å². The van der Waals surface area contributed by atoms with E-state index >= 15 is 0 Å². The van der Waals surface area contributed by atoms with Crippen molar-refractivity contribution in [3.63, 3.8) is 0 Å².